The molecule has 0 aliphatic carbocycles. The lowest BCUT2D eigenvalue weighted by Gasteiger charge is -2.16. The van der Waals surface area contributed by atoms with Crippen molar-refractivity contribution < 1.29 is 9.50 Å². The Morgan fingerprint density at radius 2 is 1.89 bits per heavy atom. The summed E-state index contributed by atoms with van der Waals surface area (Å²) in [6.45, 7) is 0.0558. The molecule has 0 saturated heterocycles. The molecule has 0 amide bonds. The van der Waals surface area contributed by atoms with Gasteiger partial charge >= 0.3 is 0 Å². The smallest absolute Gasteiger partial charge is 0.124 e. The molecule has 19 heavy (non-hydrogen) atoms. The molecule has 0 saturated carbocycles. The van der Waals surface area contributed by atoms with Gasteiger partial charge in [-0.1, -0.05) is 50.1 Å². The molecule has 1 atom stereocenters. The zero-order valence-electron chi connectivity index (χ0n) is 10.1. The van der Waals surface area contributed by atoms with E-state index >= 15 is 0 Å². The summed E-state index contributed by atoms with van der Waals surface area (Å²) in [5.41, 5.74) is 2.05. The van der Waals surface area contributed by atoms with Crippen LogP contribution in [0.3, 0.4) is 0 Å². The highest BCUT2D eigenvalue weighted by Crippen LogP contribution is 2.27. The van der Waals surface area contributed by atoms with Crippen molar-refractivity contribution in [3.05, 3.63) is 68.4 Å². The van der Waals surface area contributed by atoms with E-state index in [1.807, 2.05) is 24.3 Å². The van der Waals surface area contributed by atoms with E-state index in [1.165, 1.54) is 12.1 Å². The second-order valence-corrected chi connectivity index (χ2v) is 6.14. The normalized spacial score (nSPS) is 12.4. The minimum absolute atomic E-state index is 0.000684. The van der Waals surface area contributed by atoms with E-state index in [4.69, 9.17) is 0 Å². The van der Waals surface area contributed by atoms with Crippen molar-refractivity contribution in [3.63, 3.8) is 0 Å². The summed E-state index contributed by atoms with van der Waals surface area (Å²) in [4.78, 5) is 0. The Morgan fingerprint density at radius 1 is 1.11 bits per heavy atom. The van der Waals surface area contributed by atoms with E-state index in [9.17, 15) is 9.50 Å². The van der Waals surface area contributed by atoms with Gasteiger partial charge < -0.3 is 5.11 Å². The Labute approximate surface area is 128 Å². The van der Waals surface area contributed by atoms with Crippen molar-refractivity contribution in [1.29, 1.82) is 0 Å². The number of hydrogen-bond donors (Lipinski definition) is 1. The third kappa shape index (κ3) is 3.88. The largest absolute Gasteiger partial charge is 0.396 e. The van der Waals surface area contributed by atoms with Crippen molar-refractivity contribution in [1.82, 2.24) is 0 Å². The van der Waals surface area contributed by atoms with Crippen molar-refractivity contribution in [2.75, 3.05) is 6.61 Å². The minimum Gasteiger partial charge on any atom is -0.396 e. The molecule has 0 heterocycles. The third-order valence-electron chi connectivity index (χ3n) is 3.02. The zero-order chi connectivity index (χ0) is 13.8. The van der Waals surface area contributed by atoms with E-state index in [1.54, 1.807) is 6.07 Å². The van der Waals surface area contributed by atoms with E-state index < -0.39 is 0 Å². The van der Waals surface area contributed by atoms with Gasteiger partial charge in [0.25, 0.3) is 0 Å². The first-order chi connectivity index (χ1) is 9.10. The van der Waals surface area contributed by atoms with Crippen LogP contribution >= 0.6 is 31.9 Å². The quantitative estimate of drug-likeness (QED) is 0.808. The van der Waals surface area contributed by atoms with Crippen molar-refractivity contribution in [2.24, 2.45) is 0 Å². The average Bonchev–Trinajstić information content (AvgIpc) is 2.38. The van der Waals surface area contributed by atoms with Gasteiger partial charge in [-0.15, -0.1) is 0 Å². The molecule has 0 aliphatic heterocycles. The van der Waals surface area contributed by atoms with Crippen LogP contribution in [0.5, 0.6) is 0 Å². The molecule has 2 aromatic carbocycles. The number of aliphatic hydroxyl groups excluding tert-OH is 1. The summed E-state index contributed by atoms with van der Waals surface area (Å²) in [6, 6.07) is 12.5. The predicted molar refractivity (Wildman–Crippen MR) is 81.8 cm³/mol. The van der Waals surface area contributed by atoms with Crippen LogP contribution in [0.2, 0.25) is 0 Å². The first kappa shape index (κ1) is 14.7. The van der Waals surface area contributed by atoms with Gasteiger partial charge in [-0.3, -0.25) is 0 Å². The van der Waals surface area contributed by atoms with Crippen LogP contribution in [0, 0.1) is 5.82 Å². The fourth-order valence-corrected chi connectivity index (χ4v) is 2.93. The summed E-state index contributed by atoms with van der Waals surface area (Å²) >= 11 is 6.79. The Bertz CT molecular complexity index is 572. The Hall–Kier alpha value is -0.710. The standard InChI is InChI=1S/C15H13Br2FO/c16-13-3-1-2-10(7-13)12(9-19)6-11-4-5-14(18)8-15(11)17/h1-5,7-8,12,19H,6,9H2. The lowest BCUT2D eigenvalue weighted by atomic mass is 9.93. The summed E-state index contributed by atoms with van der Waals surface area (Å²) in [5, 5.41) is 9.57. The first-order valence-corrected chi connectivity index (χ1v) is 7.49. The molecule has 100 valence electrons. The Balaban J connectivity index is 2.24. The molecule has 0 aromatic heterocycles. The van der Waals surface area contributed by atoms with Crippen molar-refractivity contribution in [3.8, 4) is 0 Å². The molecule has 0 radical (unpaired) electrons. The summed E-state index contributed by atoms with van der Waals surface area (Å²) < 4.78 is 14.8. The molecule has 4 heteroatoms. The maximum Gasteiger partial charge on any atom is 0.124 e. The number of halogens is 3. The summed E-state index contributed by atoms with van der Waals surface area (Å²) in [7, 11) is 0. The minimum atomic E-state index is -0.265. The third-order valence-corrected chi connectivity index (χ3v) is 4.25. The number of benzene rings is 2. The molecule has 2 rings (SSSR count). The van der Waals surface area contributed by atoms with Gasteiger partial charge in [0, 0.05) is 14.9 Å². The van der Waals surface area contributed by atoms with E-state index in [-0.39, 0.29) is 18.3 Å². The number of aliphatic hydroxyl groups is 1. The fourth-order valence-electron chi connectivity index (χ4n) is 2.00. The van der Waals surface area contributed by atoms with E-state index in [2.05, 4.69) is 31.9 Å². The fraction of sp³-hybridized carbons (Fsp3) is 0.200. The zero-order valence-corrected chi connectivity index (χ0v) is 13.3. The van der Waals surface area contributed by atoms with Crippen LogP contribution in [0.25, 0.3) is 0 Å². The molecule has 0 fully saturated rings. The van der Waals surface area contributed by atoms with Gasteiger partial charge in [0.1, 0.15) is 5.82 Å². The highest BCUT2D eigenvalue weighted by molar-refractivity contribution is 9.10. The SMILES string of the molecule is OCC(Cc1ccc(F)cc1Br)c1cccc(Br)c1. The lowest BCUT2D eigenvalue weighted by molar-refractivity contribution is 0.264. The molecule has 0 aliphatic rings. The monoisotopic (exact) mass is 386 g/mol. The van der Waals surface area contributed by atoms with Crippen molar-refractivity contribution >= 4 is 31.9 Å². The molecule has 0 spiro atoms. The van der Waals surface area contributed by atoms with Gasteiger partial charge in [-0.25, -0.2) is 4.39 Å². The molecular formula is C15H13Br2FO. The average molecular weight is 388 g/mol. The molecule has 1 unspecified atom stereocenters. The summed E-state index contributed by atoms with van der Waals surface area (Å²) in [5.74, 6) is -0.266. The second-order valence-electron chi connectivity index (χ2n) is 4.37. The van der Waals surface area contributed by atoms with E-state index in [0.717, 1.165) is 20.1 Å². The van der Waals surface area contributed by atoms with Crippen LogP contribution in [0.1, 0.15) is 17.0 Å². The van der Waals surface area contributed by atoms with Crippen LogP contribution in [-0.2, 0) is 6.42 Å². The Morgan fingerprint density at radius 3 is 2.53 bits per heavy atom. The van der Waals surface area contributed by atoms with Crippen LogP contribution in [-0.4, -0.2) is 11.7 Å². The van der Waals surface area contributed by atoms with Gasteiger partial charge in [-0.05, 0) is 41.8 Å². The molecule has 0 bridgehead atoms. The first-order valence-electron chi connectivity index (χ1n) is 5.90. The lowest BCUT2D eigenvalue weighted by Crippen LogP contribution is -2.08. The van der Waals surface area contributed by atoms with Crippen LogP contribution < -0.4 is 0 Å². The van der Waals surface area contributed by atoms with Gasteiger partial charge in [0.15, 0.2) is 0 Å². The van der Waals surface area contributed by atoms with Crippen molar-refractivity contribution in [2.45, 2.75) is 12.3 Å². The van der Waals surface area contributed by atoms with Crippen LogP contribution in [0.4, 0.5) is 4.39 Å². The molecule has 1 N–H and O–H groups in total. The highest BCUT2D eigenvalue weighted by Gasteiger charge is 2.13. The van der Waals surface area contributed by atoms with Gasteiger partial charge in [0.05, 0.1) is 6.61 Å². The topological polar surface area (TPSA) is 20.2 Å². The van der Waals surface area contributed by atoms with Gasteiger partial charge in [0.2, 0.25) is 0 Å². The number of hydrogen-bond acceptors (Lipinski definition) is 1. The van der Waals surface area contributed by atoms with E-state index in [0.29, 0.717) is 6.42 Å². The van der Waals surface area contributed by atoms with Crippen LogP contribution in [0.15, 0.2) is 51.4 Å². The molecule has 2 aromatic rings. The maximum atomic E-state index is 13.1. The number of rotatable bonds is 4. The summed E-state index contributed by atoms with van der Waals surface area (Å²) in [6.07, 6.45) is 0.661. The molecule has 1 nitrogen and oxygen atoms in total. The second kappa shape index (κ2) is 6.64. The van der Waals surface area contributed by atoms with Gasteiger partial charge in [-0.2, -0.15) is 0 Å². The maximum absolute atomic E-state index is 13.1. The predicted octanol–water partition coefficient (Wildman–Crippen LogP) is 4.67. The Kier molecular flexibility index (Phi) is 5.13. The molecular weight excluding hydrogens is 375 g/mol. The highest BCUT2D eigenvalue weighted by atomic mass is 79.9.